The maximum atomic E-state index is 11.7. The van der Waals surface area contributed by atoms with E-state index in [1.807, 2.05) is 122 Å². The Morgan fingerprint density at radius 3 is 1.61 bits per heavy atom. The Morgan fingerprint density at radius 1 is 0.597 bits per heavy atom. The van der Waals surface area contributed by atoms with E-state index in [1.165, 1.54) is 13.8 Å². The summed E-state index contributed by atoms with van der Waals surface area (Å²) in [5, 5.41) is 11.4. The molecule has 0 radical (unpaired) electrons. The Morgan fingerprint density at radius 2 is 1.10 bits per heavy atom. The van der Waals surface area contributed by atoms with Gasteiger partial charge in [-0.25, -0.2) is 29.3 Å². The molecule has 12 nitrogen and oxygen atoms in total. The first kappa shape index (κ1) is 43.7. The van der Waals surface area contributed by atoms with Crippen molar-refractivity contribution in [3.63, 3.8) is 0 Å². The van der Waals surface area contributed by atoms with Crippen molar-refractivity contribution < 1.29 is 18.9 Å². The lowest BCUT2D eigenvalue weighted by molar-refractivity contribution is 0.00578. The van der Waals surface area contributed by atoms with Gasteiger partial charge in [-0.3, -0.25) is 9.59 Å². The molecule has 1 fully saturated rings. The number of hydrogen-bond acceptors (Lipinski definition) is 10. The highest BCUT2D eigenvalue weighted by molar-refractivity contribution is 6.62. The van der Waals surface area contributed by atoms with Crippen molar-refractivity contribution >= 4 is 57.6 Å². The summed E-state index contributed by atoms with van der Waals surface area (Å²) in [5.74, 6) is 1.49. The number of rotatable bonds is 6. The van der Waals surface area contributed by atoms with Crippen molar-refractivity contribution in [1.29, 1.82) is 0 Å². The molecule has 0 spiro atoms. The van der Waals surface area contributed by atoms with Gasteiger partial charge in [0.05, 0.1) is 40.3 Å². The first-order valence-corrected chi connectivity index (χ1v) is 20.6. The molecule has 62 heavy (non-hydrogen) atoms. The lowest BCUT2D eigenvalue weighted by atomic mass is 9.79. The number of aromatic nitrogens is 8. The van der Waals surface area contributed by atoms with E-state index < -0.39 is 0 Å². The fourth-order valence-electron chi connectivity index (χ4n) is 6.80. The zero-order chi connectivity index (χ0) is 44.5. The van der Waals surface area contributed by atoms with Crippen molar-refractivity contribution in [1.82, 2.24) is 39.5 Å². The third kappa shape index (κ3) is 9.55. The Kier molecular flexibility index (Phi) is 12.3. The molecule has 0 amide bonds. The fourth-order valence-corrected chi connectivity index (χ4v) is 7.06. The fraction of sp³-hybridized carbons (Fsp3) is 0.250. The van der Waals surface area contributed by atoms with Crippen LogP contribution in [0.1, 0.15) is 85.0 Å². The molecule has 1 saturated heterocycles. The van der Waals surface area contributed by atoms with Crippen LogP contribution in [0.25, 0.3) is 44.7 Å². The predicted octanol–water partition coefficient (Wildman–Crippen LogP) is 9.58. The summed E-state index contributed by atoms with van der Waals surface area (Å²) >= 11 is 5.63. The van der Waals surface area contributed by atoms with Crippen LogP contribution in [-0.2, 0) is 9.31 Å². The normalized spacial score (nSPS) is 14.0. The van der Waals surface area contributed by atoms with Gasteiger partial charge in [-0.1, -0.05) is 48.0 Å². The lowest BCUT2D eigenvalue weighted by Gasteiger charge is -2.32. The summed E-state index contributed by atoms with van der Waals surface area (Å²) in [6.07, 6.45) is 3.68. The Bertz CT molecular complexity index is 2940. The van der Waals surface area contributed by atoms with Gasteiger partial charge in [0.25, 0.3) is 0 Å². The van der Waals surface area contributed by atoms with Crippen LogP contribution in [0.15, 0.2) is 109 Å². The Labute approximate surface area is 366 Å². The highest BCUT2D eigenvalue weighted by atomic mass is 35.5. The molecule has 0 bridgehead atoms. The van der Waals surface area contributed by atoms with Crippen LogP contribution in [0.4, 0.5) is 0 Å². The van der Waals surface area contributed by atoms with Crippen molar-refractivity contribution in [3.05, 3.63) is 149 Å². The van der Waals surface area contributed by atoms with Gasteiger partial charge in [0.15, 0.2) is 23.2 Å². The van der Waals surface area contributed by atoms with Gasteiger partial charge >= 0.3 is 7.12 Å². The molecule has 1 aliphatic heterocycles. The molecule has 7 heterocycles. The van der Waals surface area contributed by atoms with Gasteiger partial charge in [-0.2, -0.15) is 10.2 Å². The minimum absolute atomic E-state index is 0.0370. The minimum Gasteiger partial charge on any atom is -0.399 e. The van der Waals surface area contributed by atoms with E-state index in [9.17, 15) is 9.59 Å². The molecule has 0 atom stereocenters. The summed E-state index contributed by atoms with van der Waals surface area (Å²) in [4.78, 5) is 40.1. The molecule has 2 aromatic carbocycles. The molecule has 1 aliphatic rings. The van der Waals surface area contributed by atoms with E-state index in [0.29, 0.717) is 16.5 Å². The number of hydrogen-bond donors (Lipinski definition) is 0. The SMILES string of the molecule is CC(=O)c1cc(C)cc(-c2ccc3cnn(-c4cccc(C)n4)c3c2)n1.CC(=O)c1cc(C)cc(Cl)n1.Cc1cccc(-n2ncc3ccc(B4OC(C)(C)C(C)(C)O4)cc32)n1. The monoisotopic (exact) mass is 846 g/mol. The van der Waals surface area contributed by atoms with Crippen molar-refractivity contribution in [2.75, 3.05) is 0 Å². The molecule has 0 aliphatic carbocycles. The zero-order valence-corrected chi connectivity index (χ0v) is 37.3. The predicted molar refractivity (Wildman–Crippen MR) is 245 cm³/mol. The third-order valence-corrected chi connectivity index (χ3v) is 11.0. The summed E-state index contributed by atoms with van der Waals surface area (Å²) in [6.45, 7) is 19.0. The van der Waals surface area contributed by atoms with Crippen LogP contribution in [-0.4, -0.2) is 69.4 Å². The van der Waals surface area contributed by atoms with E-state index in [4.69, 9.17) is 20.9 Å². The second-order valence-electron chi connectivity index (χ2n) is 16.4. The largest absolute Gasteiger partial charge is 0.494 e. The second-order valence-corrected chi connectivity index (χ2v) is 16.8. The van der Waals surface area contributed by atoms with E-state index in [1.54, 1.807) is 12.1 Å². The zero-order valence-electron chi connectivity index (χ0n) is 36.6. The number of carbonyl (C=O) groups excluding carboxylic acids is 2. The third-order valence-electron chi connectivity index (χ3n) is 10.8. The lowest BCUT2D eigenvalue weighted by Crippen LogP contribution is -2.41. The van der Waals surface area contributed by atoms with Crippen LogP contribution in [0.3, 0.4) is 0 Å². The average molecular weight is 847 g/mol. The number of pyridine rings is 4. The number of fused-ring (bicyclic) bond motifs is 2. The highest BCUT2D eigenvalue weighted by Crippen LogP contribution is 2.36. The van der Waals surface area contributed by atoms with Crippen LogP contribution in [0, 0.1) is 27.7 Å². The summed E-state index contributed by atoms with van der Waals surface area (Å²) in [7, 11) is -0.386. The smallest absolute Gasteiger partial charge is 0.399 e. The molecule has 9 rings (SSSR count). The number of benzene rings is 2. The maximum Gasteiger partial charge on any atom is 0.494 e. The van der Waals surface area contributed by atoms with Crippen LogP contribution < -0.4 is 5.46 Å². The maximum absolute atomic E-state index is 11.7. The Balaban J connectivity index is 0.000000151. The molecule has 6 aromatic heterocycles. The first-order chi connectivity index (χ1) is 29.4. The van der Waals surface area contributed by atoms with Gasteiger partial charge in [0.1, 0.15) is 16.5 Å². The number of aryl methyl sites for hydroxylation is 4. The highest BCUT2D eigenvalue weighted by Gasteiger charge is 2.51. The number of halogens is 1. The molecule has 8 aromatic rings. The van der Waals surface area contributed by atoms with Gasteiger partial charge < -0.3 is 9.31 Å². The summed E-state index contributed by atoms with van der Waals surface area (Å²) in [5.41, 5.74) is 8.71. The minimum atomic E-state index is -0.386. The molecular weight excluding hydrogens is 799 g/mol. The van der Waals surface area contributed by atoms with Crippen molar-refractivity contribution in [3.8, 4) is 22.9 Å². The average Bonchev–Trinajstić information content (AvgIpc) is 3.90. The van der Waals surface area contributed by atoms with E-state index in [2.05, 4.69) is 70.0 Å². The second kappa shape index (κ2) is 17.5. The number of carbonyl (C=O) groups is 2. The van der Waals surface area contributed by atoms with Crippen molar-refractivity contribution in [2.24, 2.45) is 0 Å². The van der Waals surface area contributed by atoms with E-state index in [0.717, 1.165) is 72.7 Å². The quantitative estimate of drug-likeness (QED) is 0.0903. The summed E-state index contributed by atoms with van der Waals surface area (Å²) in [6, 6.07) is 31.2. The Hall–Kier alpha value is -6.41. The van der Waals surface area contributed by atoms with Gasteiger partial charge in [-0.15, -0.1) is 0 Å². The number of ketones is 2. The van der Waals surface area contributed by atoms with Crippen LogP contribution >= 0.6 is 11.6 Å². The van der Waals surface area contributed by atoms with Crippen LogP contribution in [0.5, 0.6) is 0 Å². The van der Waals surface area contributed by atoms with Gasteiger partial charge in [0, 0.05) is 41.6 Å². The molecule has 0 N–H and O–H groups in total. The molecule has 314 valence electrons. The molecule has 14 heteroatoms. The van der Waals surface area contributed by atoms with E-state index >= 15 is 0 Å². The van der Waals surface area contributed by atoms with Gasteiger partial charge in [0.2, 0.25) is 0 Å². The number of Topliss-reactive ketones (excluding diaryl/α,β-unsaturated/α-hetero) is 2. The first-order valence-electron chi connectivity index (χ1n) is 20.2. The molecule has 0 unspecified atom stereocenters. The van der Waals surface area contributed by atoms with Crippen LogP contribution in [0.2, 0.25) is 5.15 Å². The molecule has 0 saturated carbocycles. The number of nitrogens with zero attached hydrogens (tertiary/aromatic N) is 8. The van der Waals surface area contributed by atoms with Gasteiger partial charge in [-0.05, 0) is 133 Å². The van der Waals surface area contributed by atoms with Crippen molar-refractivity contribution in [2.45, 2.75) is 80.4 Å². The standard InChI is InChI=1S/C21H18N4O.C19H22BN3O2.C8H8ClNO/c1-13-9-18(15(3)26)24-19(10-13)16-7-8-17-12-22-25(20(17)11-16)21-6-4-5-14(2)23-21;1-13-7-6-8-17(22-13)23-16-11-15(10-9-14(16)12-21-23)20-24-18(2,3)19(4,5)25-20;1-5-3-7(6(2)11)10-8(9)4-5/h4-12H,1-3H3;6-12H,1-5H3;3-4H,1-2H3. The van der Waals surface area contributed by atoms with E-state index in [-0.39, 0.29) is 29.9 Å². The summed E-state index contributed by atoms with van der Waals surface area (Å²) < 4.78 is 16.0. The molecular formula is C48H48BClN8O4. The topological polar surface area (TPSA) is 140 Å².